The summed E-state index contributed by atoms with van der Waals surface area (Å²) in [4.78, 5) is 25.2. The quantitative estimate of drug-likeness (QED) is 0.910. The molecule has 20 heavy (non-hydrogen) atoms. The van der Waals surface area contributed by atoms with E-state index in [4.69, 9.17) is 9.52 Å². The van der Waals surface area contributed by atoms with Crippen molar-refractivity contribution in [3.05, 3.63) is 22.6 Å². The lowest BCUT2D eigenvalue weighted by Gasteiger charge is -2.43. The van der Waals surface area contributed by atoms with E-state index >= 15 is 0 Å². The minimum absolute atomic E-state index is 0.0167. The highest BCUT2D eigenvalue weighted by molar-refractivity contribution is 9.10. The van der Waals surface area contributed by atoms with Crippen molar-refractivity contribution in [2.75, 3.05) is 7.05 Å². The molecule has 0 aromatic carbocycles. The van der Waals surface area contributed by atoms with Crippen LogP contribution in [0.5, 0.6) is 0 Å². The Morgan fingerprint density at radius 3 is 2.50 bits per heavy atom. The molecule has 1 saturated carbocycles. The maximum absolute atomic E-state index is 12.5. The molecule has 0 aliphatic heterocycles. The second-order valence-electron chi connectivity index (χ2n) is 5.32. The second kappa shape index (κ2) is 5.99. The summed E-state index contributed by atoms with van der Waals surface area (Å²) >= 11 is 3.17. The molecule has 0 radical (unpaired) electrons. The average Bonchev–Trinajstić information content (AvgIpc) is 2.84. The summed E-state index contributed by atoms with van der Waals surface area (Å²) in [6.45, 7) is 0. The smallest absolute Gasteiger partial charge is 0.305 e. The molecule has 1 heterocycles. The zero-order valence-electron chi connectivity index (χ0n) is 11.4. The number of carbonyl (C=O) groups excluding carboxylic acids is 1. The van der Waals surface area contributed by atoms with Gasteiger partial charge in [-0.25, -0.2) is 0 Å². The van der Waals surface area contributed by atoms with Gasteiger partial charge in [-0.05, 0) is 40.9 Å². The lowest BCUT2D eigenvalue weighted by Crippen LogP contribution is -2.52. The van der Waals surface area contributed by atoms with Crippen molar-refractivity contribution in [1.29, 1.82) is 0 Å². The number of aliphatic carboxylic acids is 1. The van der Waals surface area contributed by atoms with E-state index in [1.807, 2.05) is 0 Å². The van der Waals surface area contributed by atoms with Gasteiger partial charge in [0.2, 0.25) is 0 Å². The fraction of sp³-hybridized carbons (Fsp3) is 0.571. The molecule has 5 nitrogen and oxygen atoms in total. The van der Waals surface area contributed by atoms with Gasteiger partial charge < -0.3 is 14.4 Å². The van der Waals surface area contributed by atoms with Gasteiger partial charge in [-0.2, -0.15) is 0 Å². The zero-order valence-corrected chi connectivity index (χ0v) is 13.0. The van der Waals surface area contributed by atoms with E-state index in [0.717, 1.165) is 32.1 Å². The molecule has 2 rings (SSSR count). The lowest BCUT2D eigenvalue weighted by molar-refractivity contribution is -0.140. The number of rotatable bonds is 4. The van der Waals surface area contributed by atoms with Crippen LogP contribution < -0.4 is 0 Å². The van der Waals surface area contributed by atoms with E-state index < -0.39 is 11.5 Å². The molecule has 1 fully saturated rings. The van der Waals surface area contributed by atoms with Gasteiger partial charge in [0, 0.05) is 7.05 Å². The Labute approximate surface area is 126 Å². The maximum atomic E-state index is 12.5. The third-order valence-electron chi connectivity index (χ3n) is 4.06. The first-order valence-corrected chi connectivity index (χ1v) is 7.49. The van der Waals surface area contributed by atoms with Crippen LogP contribution >= 0.6 is 15.9 Å². The summed E-state index contributed by atoms with van der Waals surface area (Å²) in [6.07, 6.45) is 4.43. The Morgan fingerprint density at radius 1 is 1.35 bits per heavy atom. The summed E-state index contributed by atoms with van der Waals surface area (Å²) in [5.74, 6) is -0.902. The number of carboxylic acids is 1. The Balaban J connectivity index is 2.23. The van der Waals surface area contributed by atoms with Crippen molar-refractivity contribution in [3.63, 3.8) is 0 Å². The van der Waals surface area contributed by atoms with Crippen molar-refractivity contribution in [2.45, 2.75) is 44.1 Å². The molecule has 0 atom stereocenters. The van der Waals surface area contributed by atoms with Gasteiger partial charge >= 0.3 is 5.97 Å². The zero-order chi connectivity index (χ0) is 14.8. The van der Waals surface area contributed by atoms with E-state index in [1.165, 1.54) is 0 Å². The number of amides is 1. The second-order valence-corrected chi connectivity index (χ2v) is 6.11. The van der Waals surface area contributed by atoms with Crippen molar-refractivity contribution in [2.24, 2.45) is 0 Å². The molecule has 1 amide bonds. The van der Waals surface area contributed by atoms with Crippen molar-refractivity contribution in [3.8, 4) is 0 Å². The number of carboxylic acid groups (broad SMARTS) is 1. The van der Waals surface area contributed by atoms with Crippen LogP contribution in [0.1, 0.15) is 49.1 Å². The van der Waals surface area contributed by atoms with Gasteiger partial charge in [-0.3, -0.25) is 9.59 Å². The summed E-state index contributed by atoms with van der Waals surface area (Å²) in [7, 11) is 1.67. The molecular weight excluding hydrogens is 326 g/mol. The van der Waals surface area contributed by atoms with E-state index in [0.29, 0.717) is 4.67 Å². The minimum Gasteiger partial charge on any atom is -0.481 e. The lowest BCUT2D eigenvalue weighted by atomic mass is 9.78. The van der Waals surface area contributed by atoms with Crippen LogP contribution in [0.4, 0.5) is 0 Å². The molecule has 0 saturated heterocycles. The standard InChI is InChI=1S/C14H18BrNO4/c1-16(13(19)10-5-6-11(15)20-10)14(9-12(17)18)7-3-2-4-8-14/h5-6H,2-4,7-9H2,1H3,(H,17,18). The molecule has 1 aliphatic carbocycles. The molecule has 1 aliphatic rings. The normalized spacial score (nSPS) is 17.7. The summed E-state index contributed by atoms with van der Waals surface area (Å²) in [5.41, 5.74) is -0.597. The summed E-state index contributed by atoms with van der Waals surface area (Å²) in [5, 5.41) is 9.17. The number of furan rings is 1. The number of hydrogen-bond acceptors (Lipinski definition) is 3. The first-order valence-electron chi connectivity index (χ1n) is 6.70. The molecule has 1 aromatic heterocycles. The molecule has 0 unspecified atom stereocenters. The van der Waals surface area contributed by atoms with Gasteiger partial charge in [0.25, 0.3) is 5.91 Å². The Kier molecular flexibility index (Phi) is 4.52. The topological polar surface area (TPSA) is 70.8 Å². The number of carbonyl (C=O) groups is 2. The summed E-state index contributed by atoms with van der Waals surface area (Å²) < 4.78 is 5.78. The van der Waals surface area contributed by atoms with Gasteiger partial charge in [0.15, 0.2) is 10.4 Å². The Hall–Kier alpha value is -1.30. The summed E-state index contributed by atoms with van der Waals surface area (Å²) in [6, 6.07) is 3.26. The highest BCUT2D eigenvalue weighted by atomic mass is 79.9. The van der Waals surface area contributed by atoms with Crippen molar-refractivity contribution >= 4 is 27.8 Å². The van der Waals surface area contributed by atoms with Gasteiger partial charge in [0.1, 0.15) is 0 Å². The molecule has 110 valence electrons. The molecule has 1 aromatic rings. The largest absolute Gasteiger partial charge is 0.481 e. The van der Waals surface area contributed by atoms with Crippen LogP contribution in [0.25, 0.3) is 0 Å². The van der Waals surface area contributed by atoms with Gasteiger partial charge in [-0.15, -0.1) is 0 Å². The first kappa shape index (κ1) is 15.1. The monoisotopic (exact) mass is 343 g/mol. The highest BCUT2D eigenvalue weighted by Crippen LogP contribution is 2.36. The highest BCUT2D eigenvalue weighted by Gasteiger charge is 2.41. The average molecular weight is 344 g/mol. The molecule has 6 heteroatoms. The van der Waals surface area contributed by atoms with Crippen molar-refractivity contribution in [1.82, 2.24) is 4.90 Å². The predicted octanol–water partition coefficient (Wildman–Crippen LogP) is 3.29. The third-order valence-corrected chi connectivity index (χ3v) is 4.49. The van der Waals surface area contributed by atoms with Gasteiger partial charge in [-0.1, -0.05) is 19.3 Å². The third kappa shape index (κ3) is 3.06. The van der Waals surface area contributed by atoms with Crippen LogP contribution in [0.15, 0.2) is 21.2 Å². The van der Waals surface area contributed by atoms with Crippen LogP contribution in [0.3, 0.4) is 0 Å². The number of hydrogen-bond donors (Lipinski definition) is 1. The number of halogens is 1. The predicted molar refractivity (Wildman–Crippen MR) is 76.6 cm³/mol. The molecule has 0 bridgehead atoms. The molecule has 0 spiro atoms. The maximum Gasteiger partial charge on any atom is 0.305 e. The first-order chi connectivity index (χ1) is 9.44. The fourth-order valence-corrected chi connectivity index (χ4v) is 3.24. The van der Waals surface area contributed by atoms with Crippen molar-refractivity contribution < 1.29 is 19.1 Å². The Morgan fingerprint density at radius 2 is 2.00 bits per heavy atom. The Bertz CT molecular complexity index is 505. The van der Waals surface area contributed by atoms with Crippen LogP contribution in [-0.2, 0) is 4.79 Å². The number of nitrogens with zero attached hydrogens (tertiary/aromatic N) is 1. The van der Waals surface area contributed by atoms with E-state index in [-0.39, 0.29) is 18.1 Å². The van der Waals surface area contributed by atoms with Crippen LogP contribution in [0.2, 0.25) is 0 Å². The van der Waals surface area contributed by atoms with E-state index in [1.54, 1.807) is 24.1 Å². The van der Waals surface area contributed by atoms with Gasteiger partial charge in [0.05, 0.1) is 12.0 Å². The van der Waals surface area contributed by atoms with Crippen LogP contribution in [-0.4, -0.2) is 34.5 Å². The molecular formula is C14H18BrNO4. The minimum atomic E-state index is -0.868. The molecule has 1 N–H and O–H groups in total. The van der Waals surface area contributed by atoms with Crippen LogP contribution in [0, 0.1) is 0 Å². The SMILES string of the molecule is CN(C(=O)c1ccc(Br)o1)C1(CC(=O)O)CCCCC1. The van der Waals surface area contributed by atoms with E-state index in [2.05, 4.69) is 15.9 Å². The van der Waals surface area contributed by atoms with E-state index in [9.17, 15) is 9.59 Å². The fourth-order valence-electron chi connectivity index (χ4n) is 2.93.